The second kappa shape index (κ2) is 6.95. The molecule has 9 heteroatoms. The van der Waals surface area contributed by atoms with Crippen LogP contribution in [0.5, 0.6) is 0 Å². The van der Waals surface area contributed by atoms with Gasteiger partial charge in [0.15, 0.2) is 0 Å². The van der Waals surface area contributed by atoms with Gasteiger partial charge in [-0.2, -0.15) is 10.2 Å². The summed E-state index contributed by atoms with van der Waals surface area (Å²) < 4.78 is 3.74. The number of aromatic nitrogens is 4. The van der Waals surface area contributed by atoms with Crippen molar-refractivity contribution in [2.45, 2.75) is 26.9 Å². The molecule has 124 valence electrons. The van der Waals surface area contributed by atoms with Crippen molar-refractivity contribution in [3.63, 3.8) is 0 Å². The van der Waals surface area contributed by atoms with Gasteiger partial charge in [-0.25, -0.2) is 0 Å². The Bertz CT molecular complexity index is 734. The van der Waals surface area contributed by atoms with Crippen molar-refractivity contribution >= 4 is 33.4 Å². The van der Waals surface area contributed by atoms with E-state index in [2.05, 4.69) is 31.4 Å². The number of carbonyl (C=O) groups is 2. The number of amides is 2. The zero-order valence-electron chi connectivity index (χ0n) is 13.5. The first-order valence-corrected chi connectivity index (χ1v) is 8.00. The highest BCUT2D eigenvalue weighted by atomic mass is 79.9. The summed E-state index contributed by atoms with van der Waals surface area (Å²) in [5.74, 6) is -0.567. The number of rotatable bonds is 5. The number of carbonyl (C=O) groups excluding carboxylic acids is 2. The maximum absolute atomic E-state index is 12.6. The van der Waals surface area contributed by atoms with E-state index in [0.717, 1.165) is 0 Å². The van der Waals surface area contributed by atoms with E-state index in [1.165, 1.54) is 11.1 Å². The number of hydrogen-bond acceptors (Lipinski definition) is 4. The molecular weight excluding hydrogens is 364 g/mol. The van der Waals surface area contributed by atoms with Crippen molar-refractivity contribution < 1.29 is 9.59 Å². The molecule has 2 aromatic rings. The molecule has 23 heavy (non-hydrogen) atoms. The third kappa shape index (κ3) is 3.29. The quantitative estimate of drug-likeness (QED) is 0.854. The van der Waals surface area contributed by atoms with E-state index < -0.39 is 0 Å². The predicted molar refractivity (Wildman–Crippen MR) is 89.5 cm³/mol. The molecule has 0 radical (unpaired) electrons. The first-order valence-electron chi connectivity index (χ1n) is 7.20. The Morgan fingerprint density at radius 1 is 1.13 bits per heavy atom. The van der Waals surface area contributed by atoms with Crippen LogP contribution in [-0.2, 0) is 13.1 Å². The van der Waals surface area contributed by atoms with Crippen LogP contribution in [-0.4, -0.2) is 50.4 Å². The molecule has 1 N–H and O–H groups in total. The summed E-state index contributed by atoms with van der Waals surface area (Å²) in [6, 6.07) is 0. The van der Waals surface area contributed by atoms with Crippen LogP contribution >= 0.6 is 15.9 Å². The van der Waals surface area contributed by atoms with Gasteiger partial charge in [0.25, 0.3) is 11.8 Å². The fraction of sp³-hybridized carbons (Fsp3) is 0.429. The zero-order valence-corrected chi connectivity index (χ0v) is 15.1. The molecule has 2 aromatic heterocycles. The molecule has 2 amide bonds. The topological polar surface area (TPSA) is 85.0 Å². The molecule has 2 heterocycles. The van der Waals surface area contributed by atoms with Crippen molar-refractivity contribution in [3.8, 4) is 0 Å². The van der Waals surface area contributed by atoms with Gasteiger partial charge in [0.05, 0.1) is 22.6 Å². The van der Waals surface area contributed by atoms with E-state index in [-0.39, 0.29) is 11.8 Å². The highest BCUT2D eigenvalue weighted by Gasteiger charge is 2.23. The minimum absolute atomic E-state index is 0.220. The molecule has 2 rings (SSSR count). The van der Waals surface area contributed by atoms with Gasteiger partial charge in [0, 0.05) is 27.2 Å². The van der Waals surface area contributed by atoms with Crippen LogP contribution in [0.4, 0.5) is 5.69 Å². The van der Waals surface area contributed by atoms with Gasteiger partial charge in [0.1, 0.15) is 11.4 Å². The lowest BCUT2D eigenvalue weighted by atomic mass is 10.3. The zero-order chi connectivity index (χ0) is 17.1. The highest BCUT2D eigenvalue weighted by molar-refractivity contribution is 9.10. The average Bonchev–Trinajstić information content (AvgIpc) is 3.09. The van der Waals surface area contributed by atoms with Crippen molar-refractivity contribution in [1.29, 1.82) is 0 Å². The van der Waals surface area contributed by atoms with Crippen molar-refractivity contribution in [1.82, 2.24) is 24.5 Å². The Hall–Kier alpha value is -2.16. The van der Waals surface area contributed by atoms with Crippen LogP contribution in [0.25, 0.3) is 0 Å². The third-order valence-electron chi connectivity index (χ3n) is 3.31. The fourth-order valence-electron chi connectivity index (χ4n) is 2.16. The van der Waals surface area contributed by atoms with Gasteiger partial charge in [-0.05, 0) is 29.8 Å². The number of halogens is 1. The first-order chi connectivity index (χ1) is 10.9. The molecule has 0 aromatic carbocycles. The summed E-state index contributed by atoms with van der Waals surface area (Å²) >= 11 is 3.32. The second-order valence-corrected chi connectivity index (χ2v) is 5.89. The van der Waals surface area contributed by atoms with Crippen LogP contribution in [0, 0.1) is 0 Å². The summed E-state index contributed by atoms with van der Waals surface area (Å²) in [5.41, 5.74) is 1.14. The van der Waals surface area contributed by atoms with E-state index >= 15 is 0 Å². The molecule has 0 spiro atoms. The fourth-order valence-corrected chi connectivity index (χ4v) is 2.64. The smallest absolute Gasteiger partial charge is 0.275 e. The summed E-state index contributed by atoms with van der Waals surface area (Å²) in [5, 5.41) is 11.0. The molecule has 0 bridgehead atoms. The molecular formula is C14H19BrN6O2. The largest absolute Gasteiger partial charge is 0.343 e. The molecule has 0 saturated carbocycles. The Labute approximate surface area is 142 Å². The van der Waals surface area contributed by atoms with Gasteiger partial charge < -0.3 is 10.2 Å². The maximum Gasteiger partial charge on any atom is 0.275 e. The Morgan fingerprint density at radius 2 is 1.70 bits per heavy atom. The highest BCUT2D eigenvalue weighted by Crippen LogP contribution is 2.21. The van der Waals surface area contributed by atoms with Gasteiger partial charge in [-0.1, -0.05) is 0 Å². The summed E-state index contributed by atoms with van der Waals surface area (Å²) in [7, 11) is 3.31. The normalized spacial score (nSPS) is 10.7. The van der Waals surface area contributed by atoms with Crippen LogP contribution in [0.1, 0.15) is 34.8 Å². The number of anilines is 1. The minimum Gasteiger partial charge on any atom is -0.343 e. The lowest BCUT2D eigenvalue weighted by Gasteiger charge is -2.14. The lowest BCUT2D eigenvalue weighted by molar-refractivity contribution is 0.0816. The molecule has 8 nitrogen and oxygen atoms in total. The van der Waals surface area contributed by atoms with E-state index in [4.69, 9.17) is 0 Å². The van der Waals surface area contributed by atoms with Crippen LogP contribution in [0.15, 0.2) is 16.9 Å². The molecule has 0 unspecified atom stereocenters. The standard InChI is InChI=1S/C14H19BrN6O2/c1-5-20-11(9(15)7-16-20)13(22)18-10-8-17-21(6-2)12(10)14(23)19(3)4/h7-8H,5-6H2,1-4H3,(H,18,22). The van der Waals surface area contributed by atoms with E-state index in [1.807, 2.05) is 13.8 Å². The van der Waals surface area contributed by atoms with E-state index in [0.29, 0.717) is 34.6 Å². The summed E-state index contributed by atoms with van der Waals surface area (Å²) in [6.45, 7) is 4.87. The van der Waals surface area contributed by atoms with Gasteiger partial charge in [0.2, 0.25) is 0 Å². The molecule has 0 aliphatic heterocycles. The number of nitrogens with zero attached hydrogens (tertiary/aromatic N) is 5. The second-order valence-electron chi connectivity index (χ2n) is 5.03. The Kier molecular flexibility index (Phi) is 5.19. The van der Waals surface area contributed by atoms with Gasteiger partial charge >= 0.3 is 0 Å². The third-order valence-corrected chi connectivity index (χ3v) is 3.89. The number of nitrogens with one attached hydrogen (secondary N) is 1. The number of aryl methyl sites for hydroxylation is 2. The lowest BCUT2D eigenvalue weighted by Crippen LogP contribution is -2.27. The van der Waals surface area contributed by atoms with Gasteiger partial charge in [-0.15, -0.1) is 0 Å². The summed E-state index contributed by atoms with van der Waals surface area (Å²) in [4.78, 5) is 26.4. The Morgan fingerprint density at radius 3 is 2.26 bits per heavy atom. The first kappa shape index (κ1) is 17.2. The Balaban J connectivity index is 2.37. The van der Waals surface area contributed by atoms with Gasteiger partial charge in [-0.3, -0.25) is 19.0 Å². The molecule has 0 aliphatic carbocycles. The maximum atomic E-state index is 12.6. The molecule has 0 fully saturated rings. The monoisotopic (exact) mass is 382 g/mol. The van der Waals surface area contributed by atoms with Crippen LogP contribution < -0.4 is 5.32 Å². The van der Waals surface area contributed by atoms with Crippen LogP contribution in [0.3, 0.4) is 0 Å². The molecule has 0 aliphatic rings. The van der Waals surface area contributed by atoms with E-state index in [1.54, 1.807) is 29.7 Å². The van der Waals surface area contributed by atoms with E-state index in [9.17, 15) is 9.59 Å². The number of hydrogen-bond donors (Lipinski definition) is 1. The van der Waals surface area contributed by atoms with Crippen molar-refractivity contribution in [2.75, 3.05) is 19.4 Å². The molecule has 0 atom stereocenters. The minimum atomic E-state index is -0.348. The summed E-state index contributed by atoms with van der Waals surface area (Å²) in [6.07, 6.45) is 3.05. The van der Waals surface area contributed by atoms with Crippen molar-refractivity contribution in [2.24, 2.45) is 0 Å². The SMILES string of the molecule is CCn1ncc(Br)c1C(=O)Nc1cnn(CC)c1C(=O)N(C)C. The van der Waals surface area contributed by atoms with Crippen molar-refractivity contribution in [3.05, 3.63) is 28.3 Å². The predicted octanol–water partition coefficient (Wildman–Crippen LogP) is 1.84. The average molecular weight is 383 g/mol. The van der Waals surface area contributed by atoms with Crippen LogP contribution in [0.2, 0.25) is 0 Å². The molecule has 0 saturated heterocycles.